The van der Waals surface area contributed by atoms with Crippen molar-refractivity contribution in [2.45, 2.75) is 58.7 Å². The number of rotatable bonds is 9. The smallest absolute Gasteiger partial charge is 0.459 e. The lowest BCUT2D eigenvalue weighted by Gasteiger charge is -2.18. The molecule has 0 fully saturated rings. The van der Waals surface area contributed by atoms with Gasteiger partial charge >= 0.3 is 12.1 Å². The number of carbonyl (C=O) groups excluding carboxylic acids is 2. The Kier molecular flexibility index (Phi) is 8.53. The van der Waals surface area contributed by atoms with E-state index >= 15 is 0 Å². The summed E-state index contributed by atoms with van der Waals surface area (Å²) < 4.78 is 15.8. The minimum absolute atomic E-state index is 0.379. The van der Waals surface area contributed by atoms with Crippen molar-refractivity contribution >= 4 is 12.1 Å². The van der Waals surface area contributed by atoms with Crippen LogP contribution in [0.25, 0.3) is 0 Å². The molecule has 0 aliphatic carbocycles. The van der Waals surface area contributed by atoms with Crippen LogP contribution in [0.4, 0.5) is 4.79 Å². The molecule has 2 aromatic carbocycles. The molecule has 2 unspecified atom stereocenters. The predicted octanol–water partition coefficient (Wildman–Crippen LogP) is 5.57. The van der Waals surface area contributed by atoms with Crippen molar-refractivity contribution in [3.63, 3.8) is 0 Å². The Balaban J connectivity index is 1.76. The van der Waals surface area contributed by atoms with Crippen LogP contribution in [0.3, 0.4) is 0 Å². The molecule has 0 aliphatic rings. The number of unbranched alkanes of at least 4 members (excludes halogenated alkanes) is 1. The summed E-state index contributed by atoms with van der Waals surface area (Å²) in [5.74, 6) is 0.0372. The largest absolute Gasteiger partial charge is 0.514 e. The Bertz CT molecular complexity index is 739. The lowest BCUT2D eigenvalue weighted by molar-refractivity contribution is 0.0124. The standard InChI is InChI=1S/C23H28O5/c1-4-5-9-19-12-14-20(15-13-19)22(24)26-17(2)16-18(3)27-23(25)28-21-10-7-6-8-11-21/h6-8,10-15,17-18H,4-5,9,16H2,1-3H3. The van der Waals surface area contributed by atoms with E-state index in [0.717, 1.165) is 19.3 Å². The topological polar surface area (TPSA) is 61.8 Å². The molecular weight excluding hydrogens is 356 g/mol. The maximum absolute atomic E-state index is 12.3. The van der Waals surface area contributed by atoms with Crippen molar-refractivity contribution in [3.8, 4) is 5.75 Å². The van der Waals surface area contributed by atoms with Gasteiger partial charge in [0.25, 0.3) is 0 Å². The van der Waals surface area contributed by atoms with Crippen molar-refractivity contribution in [1.29, 1.82) is 0 Å². The van der Waals surface area contributed by atoms with Gasteiger partial charge in [-0.2, -0.15) is 0 Å². The number of hydrogen-bond acceptors (Lipinski definition) is 5. The van der Waals surface area contributed by atoms with E-state index in [1.807, 2.05) is 18.2 Å². The number of carbonyl (C=O) groups is 2. The van der Waals surface area contributed by atoms with E-state index in [4.69, 9.17) is 14.2 Å². The van der Waals surface area contributed by atoms with Gasteiger partial charge < -0.3 is 14.2 Å². The summed E-state index contributed by atoms with van der Waals surface area (Å²) in [6, 6.07) is 16.2. The van der Waals surface area contributed by atoms with E-state index < -0.39 is 18.4 Å². The van der Waals surface area contributed by atoms with E-state index in [0.29, 0.717) is 17.7 Å². The molecule has 0 N–H and O–H groups in total. The fourth-order valence-electron chi connectivity index (χ4n) is 2.78. The minimum Gasteiger partial charge on any atom is -0.459 e. The monoisotopic (exact) mass is 384 g/mol. The molecule has 5 nitrogen and oxygen atoms in total. The second-order valence-corrected chi connectivity index (χ2v) is 6.85. The fourth-order valence-corrected chi connectivity index (χ4v) is 2.78. The minimum atomic E-state index is -0.778. The zero-order valence-corrected chi connectivity index (χ0v) is 16.7. The van der Waals surface area contributed by atoms with E-state index in [-0.39, 0.29) is 5.97 Å². The number of para-hydroxylation sites is 1. The summed E-state index contributed by atoms with van der Waals surface area (Å²) >= 11 is 0. The van der Waals surface area contributed by atoms with Crippen LogP contribution in [-0.2, 0) is 15.9 Å². The Morgan fingerprint density at radius 3 is 2.18 bits per heavy atom. The molecule has 0 saturated carbocycles. The highest BCUT2D eigenvalue weighted by molar-refractivity contribution is 5.89. The molecule has 0 amide bonds. The highest BCUT2D eigenvalue weighted by Crippen LogP contribution is 2.14. The summed E-state index contributed by atoms with van der Waals surface area (Å²) in [5.41, 5.74) is 1.73. The Labute approximate surface area is 166 Å². The van der Waals surface area contributed by atoms with Crippen LogP contribution >= 0.6 is 0 Å². The maximum atomic E-state index is 12.3. The average molecular weight is 384 g/mol. The molecule has 0 spiro atoms. The normalized spacial score (nSPS) is 12.7. The molecule has 0 aromatic heterocycles. The Morgan fingerprint density at radius 2 is 1.54 bits per heavy atom. The van der Waals surface area contributed by atoms with Crippen LogP contribution in [-0.4, -0.2) is 24.3 Å². The SMILES string of the molecule is CCCCc1ccc(C(=O)OC(C)CC(C)OC(=O)Oc2ccccc2)cc1. The van der Waals surface area contributed by atoms with Gasteiger partial charge in [0.1, 0.15) is 18.0 Å². The molecular formula is C23H28O5. The van der Waals surface area contributed by atoms with Gasteiger partial charge in [0.05, 0.1) is 5.56 Å². The maximum Gasteiger partial charge on any atom is 0.514 e. The van der Waals surface area contributed by atoms with Gasteiger partial charge in [-0.05, 0) is 56.5 Å². The van der Waals surface area contributed by atoms with Crippen molar-refractivity contribution in [2.24, 2.45) is 0 Å². The molecule has 0 heterocycles. The van der Waals surface area contributed by atoms with Crippen molar-refractivity contribution in [1.82, 2.24) is 0 Å². The summed E-state index contributed by atoms with van der Waals surface area (Å²) in [6.45, 7) is 5.66. The third kappa shape index (κ3) is 7.43. The average Bonchev–Trinajstić information content (AvgIpc) is 2.67. The zero-order chi connectivity index (χ0) is 20.4. The van der Waals surface area contributed by atoms with Crippen molar-refractivity contribution < 1.29 is 23.8 Å². The van der Waals surface area contributed by atoms with Gasteiger partial charge in [-0.3, -0.25) is 0 Å². The quantitative estimate of drug-likeness (QED) is 0.418. The van der Waals surface area contributed by atoms with Crippen LogP contribution < -0.4 is 4.74 Å². The number of esters is 1. The Hall–Kier alpha value is -2.82. The van der Waals surface area contributed by atoms with Gasteiger partial charge in [0.2, 0.25) is 0 Å². The fraction of sp³-hybridized carbons (Fsp3) is 0.391. The van der Waals surface area contributed by atoms with Gasteiger partial charge in [0, 0.05) is 6.42 Å². The summed E-state index contributed by atoms with van der Waals surface area (Å²) in [5, 5.41) is 0. The van der Waals surface area contributed by atoms with Crippen LogP contribution in [0.1, 0.15) is 56.0 Å². The van der Waals surface area contributed by atoms with Gasteiger partial charge in [-0.15, -0.1) is 0 Å². The third-order valence-corrected chi connectivity index (χ3v) is 4.22. The van der Waals surface area contributed by atoms with Crippen molar-refractivity contribution in [2.75, 3.05) is 0 Å². The summed E-state index contributed by atoms with van der Waals surface area (Å²) in [4.78, 5) is 24.1. The first-order valence-electron chi connectivity index (χ1n) is 9.71. The predicted molar refractivity (Wildman–Crippen MR) is 108 cm³/mol. The van der Waals surface area contributed by atoms with Crippen LogP contribution in [0.2, 0.25) is 0 Å². The Morgan fingerprint density at radius 1 is 0.893 bits per heavy atom. The highest BCUT2D eigenvalue weighted by atomic mass is 16.7. The number of ether oxygens (including phenoxy) is 3. The zero-order valence-electron chi connectivity index (χ0n) is 16.7. The first-order valence-corrected chi connectivity index (χ1v) is 9.71. The van der Waals surface area contributed by atoms with E-state index in [1.54, 1.807) is 50.2 Å². The first kappa shape index (κ1) is 21.5. The molecule has 0 radical (unpaired) electrons. The molecule has 0 aliphatic heterocycles. The molecule has 0 bridgehead atoms. The molecule has 2 aromatic rings. The molecule has 150 valence electrons. The van der Waals surface area contributed by atoms with Crippen LogP contribution in [0.5, 0.6) is 5.75 Å². The van der Waals surface area contributed by atoms with E-state index in [2.05, 4.69) is 6.92 Å². The molecule has 2 atom stereocenters. The van der Waals surface area contributed by atoms with Crippen LogP contribution in [0, 0.1) is 0 Å². The number of hydrogen-bond donors (Lipinski definition) is 0. The lowest BCUT2D eigenvalue weighted by Crippen LogP contribution is -2.25. The number of aryl methyl sites for hydroxylation is 1. The van der Waals surface area contributed by atoms with Gasteiger partial charge in [-0.25, -0.2) is 9.59 Å². The summed E-state index contributed by atoms with van der Waals surface area (Å²) in [7, 11) is 0. The molecule has 2 rings (SSSR count). The van der Waals surface area contributed by atoms with Crippen molar-refractivity contribution in [3.05, 3.63) is 65.7 Å². The van der Waals surface area contributed by atoms with Gasteiger partial charge in [-0.1, -0.05) is 43.7 Å². The number of benzene rings is 2. The van der Waals surface area contributed by atoms with Gasteiger partial charge in [0.15, 0.2) is 0 Å². The molecule has 28 heavy (non-hydrogen) atoms. The van der Waals surface area contributed by atoms with E-state index in [9.17, 15) is 9.59 Å². The third-order valence-electron chi connectivity index (χ3n) is 4.22. The van der Waals surface area contributed by atoms with E-state index in [1.165, 1.54) is 5.56 Å². The lowest BCUT2D eigenvalue weighted by atomic mass is 10.1. The second-order valence-electron chi connectivity index (χ2n) is 6.85. The highest BCUT2D eigenvalue weighted by Gasteiger charge is 2.18. The molecule has 0 saturated heterocycles. The molecule has 5 heteroatoms. The second kappa shape index (κ2) is 11.1. The first-order chi connectivity index (χ1) is 13.5. The van der Waals surface area contributed by atoms with Crippen LogP contribution in [0.15, 0.2) is 54.6 Å². The summed E-state index contributed by atoms with van der Waals surface area (Å²) in [6.07, 6.45) is 2.04.